The van der Waals surface area contributed by atoms with Crippen LogP contribution in [-0.2, 0) is 4.74 Å². The van der Waals surface area contributed by atoms with Crippen molar-refractivity contribution in [2.75, 3.05) is 43.6 Å². The van der Waals surface area contributed by atoms with Gasteiger partial charge in [0.25, 0.3) is 0 Å². The summed E-state index contributed by atoms with van der Waals surface area (Å²) in [5.74, 6) is 0.0537. The van der Waals surface area contributed by atoms with E-state index in [1.807, 2.05) is 23.5 Å². The van der Waals surface area contributed by atoms with Crippen molar-refractivity contribution in [3.63, 3.8) is 0 Å². The maximum Gasteiger partial charge on any atom is 0.351 e. The van der Waals surface area contributed by atoms with Crippen LogP contribution in [0.5, 0.6) is 0 Å². The van der Waals surface area contributed by atoms with Crippen molar-refractivity contribution in [2.24, 2.45) is 0 Å². The molecule has 0 saturated carbocycles. The van der Waals surface area contributed by atoms with Gasteiger partial charge in [0.2, 0.25) is 0 Å². The smallest absolute Gasteiger partial charge is 0.351 e. The van der Waals surface area contributed by atoms with Gasteiger partial charge in [-0.3, -0.25) is 4.57 Å². The third-order valence-corrected chi connectivity index (χ3v) is 9.94. The summed E-state index contributed by atoms with van der Waals surface area (Å²) in [5, 5.41) is 28.2. The first kappa shape index (κ1) is 30.9. The summed E-state index contributed by atoms with van der Waals surface area (Å²) in [6.07, 6.45) is 4.21. The minimum atomic E-state index is -1.31. The van der Waals surface area contributed by atoms with E-state index in [1.54, 1.807) is 0 Å². The normalized spacial score (nSPS) is 25.4. The average molecular weight is 614 g/mol. The molecule has 0 bridgehead atoms. The molecular weight excluding hydrogens is 574 g/mol. The highest BCUT2D eigenvalue weighted by molar-refractivity contribution is 8.00. The Kier molecular flexibility index (Phi) is 10.1. The lowest BCUT2D eigenvalue weighted by atomic mass is 9.99. The summed E-state index contributed by atoms with van der Waals surface area (Å²) in [6, 6.07) is 17.9. The molecule has 10 nitrogen and oxygen atoms in total. The molecule has 1 unspecified atom stereocenters. The zero-order valence-corrected chi connectivity index (χ0v) is 25.5. The van der Waals surface area contributed by atoms with Gasteiger partial charge in [-0.2, -0.15) is 4.98 Å². The number of nitrogen functional groups attached to an aromatic ring is 1. The van der Waals surface area contributed by atoms with Gasteiger partial charge in [0.1, 0.15) is 24.1 Å². The number of thioether (sulfide) groups is 1. The van der Waals surface area contributed by atoms with E-state index in [1.165, 1.54) is 70.6 Å². The van der Waals surface area contributed by atoms with Crippen molar-refractivity contribution in [1.82, 2.24) is 14.5 Å². The quantitative estimate of drug-likeness (QED) is 0.305. The predicted molar refractivity (Wildman–Crippen MR) is 167 cm³/mol. The van der Waals surface area contributed by atoms with Crippen LogP contribution in [0.1, 0.15) is 31.9 Å². The number of ether oxygens (including phenoxy) is 1. The Morgan fingerprint density at radius 3 is 2.60 bits per heavy atom. The number of piperidine rings is 1. The molecule has 0 amide bonds. The summed E-state index contributed by atoms with van der Waals surface area (Å²) in [7, 11) is 2.30. The Morgan fingerprint density at radius 1 is 1.10 bits per heavy atom. The van der Waals surface area contributed by atoms with Crippen LogP contribution in [0.3, 0.4) is 0 Å². The molecule has 2 fully saturated rings. The lowest BCUT2D eigenvalue weighted by Crippen LogP contribution is -2.38. The van der Waals surface area contributed by atoms with Crippen molar-refractivity contribution in [3.8, 4) is 0 Å². The number of benzene rings is 2. The number of para-hydroxylation sites is 1. The van der Waals surface area contributed by atoms with Gasteiger partial charge in [-0.05, 0) is 75.5 Å². The van der Waals surface area contributed by atoms with Gasteiger partial charge >= 0.3 is 5.69 Å². The standard InChI is InChI=1S/C21H26N2S2.C9H13N3O5/c1-22-13-6-5-7-16(22)12-14-23-18-8-3-4-9-20(18)25-21-11-10-17(24-2)15-19(21)23;10-5-1-2-12(9(16)11-5)8-7(15)6(14)4(3-13)17-8/h3-4,8-11,15-16H,5-7,12-14H2,1-2H3;1-2,4,6-8,13-15H,3H2,(H2,10,11,16)/t;4-,6-,7+,8-/m.1/s1. The molecule has 3 aromatic rings. The lowest BCUT2D eigenvalue weighted by molar-refractivity contribution is -0.0549. The topological polar surface area (TPSA) is 137 Å². The highest BCUT2D eigenvalue weighted by Gasteiger charge is 2.43. The van der Waals surface area contributed by atoms with Crippen molar-refractivity contribution >= 4 is 40.7 Å². The van der Waals surface area contributed by atoms with E-state index in [0.29, 0.717) is 0 Å². The fourth-order valence-electron chi connectivity index (χ4n) is 5.69. The van der Waals surface area contributed by atoms with E-state index in [9.17, 15) is 15.0 Å². The van der Waals surface area contributed by atoms with Gasteiger partial charge in [-0.15, -0.1) is 11.8 Å². The Hall–Kier alpha value is -2.58. The molecule has 5 atom stereocenters. The lowest BCUT2D eigenvalue weighted by Gasteiger charge is -2.37. The number of aromatic nitrogens is 2. The molecule has 4 heterocycles. The number of nitrogens with two attached hydrogens (primary N) is 1. The van der Waals surface area contributed by atoms with Gasteiger partial charge in [-0.25, -0.2) is 4.79 Å². The molecule has 3 aliphatic heterocycles. The van der Waals surface area contributed by atoms with Crippen LogP contribution < -0.4 is 16.3 Å². The molecule has 2 aromatic carbocycles. The molecule has 226 valence electrons. The first-order valence-corrected chi connectivity index (χ1v) is 16.2. The zero-order chi connectivity index (χ0) is 29.8. The van der Waals surface area contributed by atoms with E-state index >= 15 is 0 Å². The zero-order valence-electron chi connectivity index (χ0n) is 23.9. The molecule has 2 saturated heterocycles. The Labute approximate surface area is 254 Å². The minimum absolute atomic E-state index is 0.0537. The number of aliphatic hydroxyl groups is 3. The number of hydrogen-bond acceptors (Lipinski definition) is 11. The molecular formula is C30H39N5O5S2. The van der Waals surface area contributed by atoms with E-state index in [2.05, 4.69) is 70.6 Å². The third-order valence-electron chi connectivity index (χ3n) is 8.08. The summed E-state index contributed by atoms with van der Waals surface area (Å²) in [6.45, 7) is 1.90. The summed E-state index contributed by atoms with van der Waals surface area (Å²) in [5.41, 5.74) is 7.39. The number of rotatable bonds is 6. The number of fused-ring (bicyclic) bond motifs is 2. The number of hydrogen-bond donors (Lipinski definition) is 4. The summed E-state index contributed by atoms with van der Waals surface area (Å²) >= 11 is 3.73. The van der Waals surface area contributed by atoms with Crippen LogP contribution in [0, 0.1) is 0 Å². The van der Waals surface area contributed by atoms with Crippen molar-refractivity contribution in [1.29, 1.82) is 0 Å². The van der Waals surface area contributed by atoms with E-state index in [4.69, 9.17) is 15.6 Å². The monoisotopic (exact) mass is 613 g/mol. The minimum Gasteiger partial charge on any atom is -0.394 e. The maximum absolute atomic E-state index is 11.5. The van der Waals surface area contributed by atoms with E-state index < -0.39 is 36.8 Å². The molecule has 1 aromatic heterocycles. The second-order valence-corrected chi connectivity index (χ2v) is 12.7. The van der Waals surface area contributed by atoms with Crippen molar-refractivity contribution < 1.29 is 20.1 Å². The first-order valence-electron chi connectivity index (χ1n) is 14.2. The highest BCUT2D eigenvalue weighted by Crippen LogP contribution is 2.49. The maximum atomic E-state index is 11.5. The van der Waals surface area contributed by atoms with Gasteiger partial charge in [0.15, 0.2) is 6.23 Å². The largest absolute Gasteiger partial charge is 0.394 e. The number of nitrogens with zero attached hydrogens (tertiary/aromatic N) is 4. The van der Waals surface area contributed by atoms with E-state index in [-0.39, 0.29) is 5.82 Å². The van der Waals surface area contributed by atoms with Crippen molar-refractivity contribution in [2.45, 2.75) is 71.0 Å². The Morgan fingerprint density at radius 2 is 1.88 bits per heavy atom. The second kappa shape index (κ2) is 13.8. The van der Waals surface area contributed by atoms with Crippen molar-refractivity contribution in [3.05, 3.63) is 65.2 Å². The molecule has 12 heteroatoms. The molecule has 6 rings (SSSR count). The van der Waals surface area contributed by atoms with Gasteiger partial charge in [-0.1, -0.05) is 30.3 Å². The van der Waals surface area contributed by atoms with Crippen LogP contribution in [0.15, 0.2) is 74.2 Å². The van der Waals surface area contributed by atoms with Crippen LogP contribution in [0.2, 0.25) is 0 Å². The number of aliphatic hydroxyl groups excluding tert-OH is 3. The van der Waals surface area contributed by atoms with Crippen LogP contribution in [0.25, 0.3) is 0 Å². The van der Waals surface area contributed by atoms with E-state index in [0.717, 1.165) is 17.2 Å². The molecule has 3 aliphatic rings. The second-order valence-electron chi connectivity index (χ2n) is 10.7. The fourth-order valence-corrected chi connectivity index (χ4v) is 7.20. The molecule has 42 heavy (non-hydrogen) atoms. The molecule has 0 radical (unpaired) electrons. The first-order chi connectivity index (χ1) is 20.3. The third kappa shape index (κ3) is 6.65. The summed E-state index contributed by atoms with van der Waals surface area (Å²) < 4.78 is 6.19. The SMILES string of the molecule is CSc1ccc2c(c1)N(CCC1CCCCN1C)c1ccccc1S2.Nc1ccn([C@@H]2O[C@H](CO)[C@@H](O)[C@@H]2O)c(=O)n1. The predicted octanol–water partition coefficient (Wildman–Crippen LogP) is 3.32. The summed E-state index contributed by atoms with van der Waals surface area (Å²) in [4.78, 5) is 24.2. The van der Waals surface area contributed by atoms with Gasteiger partial charge in [0, 0.05) is 33.5 Å². The molecule has 5 N–H and O–H groups in total. The van der Waals surface area contributed by atoms with Crippen LogP contribution in [-0.4, -0.2) is 87.1 Å². The van der Waals surface area contributed by atoms with Crippen LogP contribution >= 0.6 is 23.5 Å². The number of likely N-dealkylation sites (tertiary alicyclic amines) is 1. The van der Waals surface area contributed by atoms with Gasteiger partial charge in [0.05, 0.1) is 18.0 Å². The van der Waals surface area contributed by atoms with Gasteiger partial charge < -0.3 is 35.6 Å². The molecule has 0 aliphatic carbocycles. The Balaban J connectivity index is 0.000000181. The Bertz CT molecular complexity index is 1420. The number of anilines is 3. The fraction of sp³-hybridized carbons (Fsp3) is 0.467. The molecule has 0 spiro atoms. The highest BCUT2D eigenvalue weighted by atomic mass is 32.2. The van der Waals surface area contributed by atoms with Crippen LogP contribution in [0.4, 0.5) is 17.2 Å². The average Bonchev–Trinajstić information content (AvgIpc) is 3.28.